The molecule has 0 saturated carbocycles. The number of nitrogens with zero attached hydrogens (tertiary/aromatic N) is 1. The first-order valence-electron chi connectivity index (χ1n) is 6.26. The Bertz CT molecular complexity index is 498. The van der Waals surface area contributed by atoms with Crippen molar-refractivity contribution in [2.24, 2.45) is 5.73 Å². The van der Waals surface area contributed by atoms with E-state index in [4.69, 9.17) is 5.73 Å². The Morgan fingerprint density at radius 2 is 2.11 bits per heavy atom. The van der Waals surface area contributed by atoms with Crippen LogP contribution in [-0.4, -0.2) is 44.5 Å². The summed E-state index contributed by atoms with van der Waals surface area (Å²) in [5.74, 6) is 5.68. The van der Waals surface area contributed by atoms with Crippen LogP contribution in [0.15, 0.2) is 18.2 Å². The van der Waals surface area contributed by atoms with Gasteiger partial charge in [0, 0.05) is 24.2 Å². The number of hydrogen-bond acceptors (Lipinski definition) is 3. The predicted octanol–water partition coefficient (Wildman–Crippen LogP) is 0.597. The molecule has 4 nitrogen and oxygen atoms in total. The van der Waals surface area contributed by atoms with Gasteiger partial charge < -0.3 is 16.0 Å². The van der Waals surface area contributed by atoms with E-state index >= 15 is 0 Å². The monoisotopic (exact) mass is 259 g/mol. The molecule has 3 N–H and O–H groups in total. The first-order valence-corrected chi connectivity index (χ1v) is 6.26. The second-order valence-electron chi connectivity index (χ2n) is 4.65. The van der Waals surface area contributed by atoms with Crippen LogP contribution in [0.1, 0.15) is 21.5 Å². The lowest BCUT2D eigenvalue weighted by Crippen LogP contribution is -2.31. The number of nitrogens with two attached hydrogens (primary N) is 1. The van der Waals surface area contributed by atoms with E-state index in [0.717, 1.165) is 17.7 Å². The number of likely N-dealkylation sites (N-methyl/N-ethyl adjacent to an activating group) is 1. The third kappa shape index (κ3) is 5.56. The highest BCUT2D eigenvalue weighted by atomic mass is 16.1. The van der Waals surface area contributed by atoms with Gasteiger partial charge in [0.1, 0.15) is 0 Å². The second-order valence-corrected chi connectivity index (χ2v) is 4.65. The van der Waals surface area contributed by atoms with Gasteiger partial charge in [-0.2, -0.15) is 0 Å². The molecule has 0 radical (unpaired) electrons. The standard InChI is InChI=1S/C15H21N3O/c1-12-9-13(5-4-6-16)11-14(10-12)15(19)17-7-8-18(2)3/h9-11H,6-8,16H2,1-3H3,(H,17,19). The summed E-state index contributed by atoms with van der Waals surface area (Å²) >= 11 is 0. The topological polar surface area (TPSA) is 58.4 Å². The van der Waals surface area contributed by atoms with Crippen LogP contribution in [0.4, 0.5) is 0 Å². The molecule has 1 aromatic rings. The normalized spacial score (nSPS) is 9.95. The molecule has 0 aliphatic carbocycles. The minimum atomic E-state index is -0.0682. The third-order valence-electron chi connectivity index (χ3n) is 2.52. The Hall–Kier alpha value is -1.83. The molecule has 19 heavy (non-hydrogen) atoms. The number of nitrogens with one attached hydrogen (secondary N) is 1. The van der Waals surface area contributed by atoms with E-state index in [2.05, 4.69) is 17.2 Å². The average molecular weight is 259 g/mol. The van der Waals surface area contributed by atoms with Crippen molar-refractivity contribution in [2.75, 3.05) is 33.7 Å². The smallest absolute Gasteiger partial charge is 0.251 e. The molecule has 0 aliphatic heterocycles. The van der Waals surface area contributed by atoms with Crippen LogP contribution in [0, 0.1) is 18.8 Å². The molecular formula is C15H21N3O. The number of hydrogen-bond donors (Lipinski definition) is 2. The lowest BCUT2D eigenvalue weighted by molar-refractivity contribution is 0.0951. The van der Waals surface area contributed by atoms with Gasteiger partial charge >= 0.3 is 0 Å². The predicted molar refractivity (Wildman–Crippen MR) is 78.0 cm³/mol. The summed E-state index contributed by atoms with van der Waals surface area (Å²) in [5, 5.41) is 2.89. The zero-order chi connectivity index (χ0) is 14.3. The largest absolute Gasteiger partial charge is 0.351 e. The fraction of sp³-hybridized carbons (Fsp3) is 0.400. The maximum Gasteiger partial charge on any atom is 0.251 e. The number of benzene rings is 1. The van der Waals surface area contributed by atoms with Crippen molar-refractivity contribution in [3.63, 3.8) is 0 Å². The van der Waals surface area contributed by atoms with Crippen LogP contribution in [0.25, 0.3) is 0 Å². The highest BCUT2D eigenvalue weighted by Crippen LogP contribution is 2.09. The minimum Gasteiger partial charge on any atom is -0.351 e. The van der Waals surface area contributed by atoms with Gasteiger partial charge in [0.2, 0.25) is 0 Å². The first-order chi connectivity index (χ1) is 9.02. The maximum atomic E-state index is 12.0. The van der Waals surface area contributed by atoms with Gasteiger partial charge in [0.05, 0.1) is 6.54 Å². The van der Waals surface area contributed by atoms with Crippen LogP contribution in [0.3, 0.4) is 0 Å². The number of carbonyl (C=O) groups is 1. The molecule has 1 rings (SSSR count). The molecule has 0 aromatic heterocycles. The Labute approximate surface area is 115 Å². The van der Waals surface area contributed by atoms with Crippen molar-refractivity contribution in [1.29, 1.82) is 0 Å². The van der Waals surface area contributed by atoms with Crippen molar-refractivity contribution in [3.05, 3.63) is 34.9 Å². The van der Waals surface area contributed by atoms with E-state index in [1.165, 1.54) is 0 Å². The summed E-state index contributed by atoms with van der Waals surface area (Å²) in [7, 11) is 3.94. The molecule has 0 spiro atoms. The summed E-state index contributed by atoms with van der Waals surface area (Å²) in [6.07, 6.45) is 0. The summed E-state index contributed by atoms with van der Waals surface area (Å²) in [6, 6.07) is 5.60. The van der Waals surface area contributed by atoms with Crippen molar-refractivity contribution in [3.8, 4) is 11.8 Å². The SMILES string of the molecule is Cc1cc(C#CCN)cc(C(=O)NCCN(C)C)c1. The van der Waals surface area contributed by atoms with E-state index in [9.17, 15) is 4.79 Å². The Kier molecular flexibility index (Phi) is 6.07. The molecule has 0 unspecified atom stereocenters. The Morgan fingerprint density at radius 3 is 2.74 bits per heavy atom. The van der Waals surface area contributed by atoms with Gasteiger partial charge in [-0.1, -0.05) is 11.8 Å². The van der Waals surface area contributed by atoms with E-state index in [-0.39, 0.29) is 5.91 Å². The van der Waals surface area contributed by atoms with Gasteiger partial charge in [-0.05, 0) is 44.8 Å². The van der Waals surface area contributed by atoms with Gasteiger partial charge in [0.25, 0.3) is 5.91 Å². The molecule has 1 aromatic carbocycles. The van der Waals surface area contributed by atoms with Crippen molar-refractivity contribution in [1.82, 2.24) is 10.2 Å². The molecule has 0 bridgehead atoms. The quantitative estimate of drug-likeness (QED) is 0.778. The van der Waals surface area contributed by atoms with Gasteiger partial charge in [0.15, 0.2) is 0 Å². The molecular weight excluding hydrogens is 238 g/mol. The summed E-state index contributed by atoms with van der Waals surface area (Å²) < 4.78 is 0. The first kappa shape index (κ1) is 15.2. The van der Waals surface area contributed by atoms with Crippen LogP contribution < -0.4 is 11.1 Å². The molecule has 0 saturated heterocycles. The van der Waals surface area contributed by atoms with E-state index in [1.807, 2.05) is 38.1 Å². The Morgan fingerprint density at radius 1 is 1.37 bits per heavy atom. The maximum absolute atomic E-state index is 12.0. The van der Waals surface area contributed by atoms with Gasteiger partial charge in [-0.25, -0.2) is 0 Å². The minimum absolute atomic E-state index is 0.0682. The van der Waals surface area contributed by atoms with E-state index in [1.54, 1.807) is 6.07 Å². The fourth-order valence-electron chi connectivity index (χ4n) is 1.63. The summed E-state index contributed by atoms with van der Waals surface area (Å²) in [4.78, 5) is 14.0. The molecule has 4 heteroatoms. The van der Waals surface area contributed by atoms with Crippen LogP contribution in [-0.2, 0) is 0 Å². The molecule has 0 heterocycles. The van der Waals surface area contributed by atoms with Crippen molar-refractivity contribution in [2.45, 2.75) is 6.92 Å². The number of amides is 1. The molecule has 0 aliphatic rings. The molecule has 0 fully saturated rings. The van der Waals surface area contributed by atoms with E-state index in [0.29, 0.717) is 18.7 Å². The van der Waals surface area contributed by atoms with Crippen molar-refractivity contribution < 1.29 is 4.79 Å². The van der Waals surface area contributed by atoms with Crippen LogP contribution in [0.2, 0.25) is 0 Å². The average Bonchev–Trinajstić information content (AvgIpc) is 2.35. The zero-order valence-corrected chi connectivity index (χ0v) is 11.8. The Balaban J connectivity index is 2.76. The fourth-order valence-corrected chi connectivity index (χ4v) is 1.63. The third-order valence-corrected chi connectivity index (χ3v) is 2.52. The highest BCUT2D eigenvalue weighted by molar-refractivity contribution is 5.94. The molecule has 102 valence electrons. The number of aryl methyl sites for hydroxylation is 1. The summed E-state index contributed by atoms with van der Waals surface area (Å²) in [5.41, 5.74) is 7.83. The lowest BCUT2D eigenvalue weighted by atomic mass is 10.1. The van der Waals surface area contributed by atoms with Crippen molar-refractivity contribution >= 4 is 5.91 Å². The van der Waals surface area contributed by atoms with Crippen LogP contribution >= 0.6 is 0 Å². The summed E-state index contributed by atoms with van der Waals surface area (Å²) in [6.45, 7) is 3.71. The highest BCUT2D eigenvalue weighted by Gasteiger charge is 2.06. The van der Waals surface area contributed by atoms with Crippen LogP contribution in [0.5, 0.6) is 0 Å². The zero-order valence-electron chi connectivity index (χ0n) is 11.8. The second kappa shape index (κ2) is 7.57. The number of carbonyl (C=O) groups excluding carboxylic acids is 1. The lowest BCUT2D eigenvalue weighted by Gasteiger charge is -2.11. The molecule has 1 amide bonds. The number of rotatable bonds is 4. The van der Waals surface area contributed by atoms with Gasteiger partial charge in [-0.3, -0.25) is 4.79 Å². The molecule has 0 atom stereocenters. The van der Waals surface area contributed by atoms with Gasteiger partial charge in [-0.15, -0.1) is 0 Å². The van der Waals surface area contributed by atoms with E-state index < -0.39 is 0 Å².